The molecule has 0 amide bonds. The Balaban J connectivity index is 1.86. The monoisotopic (exact) mass is 415 g/mol. The molecule has 0 atom stereocenters. The van der Waals surface area contributed by atoms with Gasteiger partial charge in [0.2, 0.25) is 10.0 Å². The van der Waals surface area contributed by atoms with Crippen LogP contribution in [0.2, 0.25) is 5.02 Å². The van der Waals surface area contributed by atoms with Gasteiger partial charge in [-0.15, -0.1) is 0 Å². The van der Waals surface area contributed by atoms with E-state index in [4.69, 9.17) is 11.6 Å². The first-order valence-electron chi connectivity index (χ1n) is 7.62. The minimum Gasteiger partial charge on any atom is -0.241 e. The molecule has 0 fully saturated rings. The molecule has 0 bridgehead atoms. The maximum Gasteiger partial charge on any atom is 0.417 e. The van der Waals surface area contributed by atoms with E-state index < -0.39 is 26.7 Å². The van der Waals surface area contributed by atoms with Crippen LogP contribution in [0.4, 0.5) is 13.2 Å². The lowest BCUT2D eigenvalue weighted by Crippen LogP contribution is -2.26. The van der Waals surface area contributed by atoms with Gasteiger partial charge in [0.1, 0.15) is 0 Å². The van der Waals surface area contributed by atoms with Gasteiger partial charge in [-0.05, 0) is 42.0 Å². The third kappa shape index (κ3) is 4.49. The Kier molecular flexibility index (Phi) is 5.27. The first kappa shape index (κ1) is 19.4. The van der Waals surface area contributed by atoms with Gasteiger partial charge in [-0.1, -0.05) is 23.7 Å². The lowest BCUT2D eigenvalue weighted by atomic mass is 10.2. The minimum absolute atomic E-state index is 0.183. The highest BCUT2D eigenvalue weighted by atomic mass is 35.5. The molecule has 0 unspecified atom stereocenters. The standard InChI is InChI=1S/C17H13ClF3N3O2S/c18-13-5-6-16(15(10-13)17(19,20)21)27(25,26)23-11-12-3-1-4-14(9-12)24-8-2-7-22-24/h1-10,23H,11H2. The van der Waals surface area contributed by atoms with Crippen molar-refractivity contribution < 1.29 is 21.6 Å². The summed E-state index contributed by atoms with van der Waals surface area (Å²) in [6.45, 7) is -0.183. The largest absolute Gasteiger partial charge is 0.417 e. The lowest BCUT2D eigenvalue weighted by Gasteiger charge is -2.14. The molecule has 2 aromatic carbocycles. The predicted molar refractivity (Wildman–Crippen MR) is 94.0 cm³/mol. The summed E-state index contributed by atoms with van der Waals surface area (Å²) in [5, 5.41) is 3.87. The number of alkyl halides is 3. The quantitative estimate of drug-likeness (QED) is 0.684. The van der Waals surface area contributed by atoms with Gasteiger partial charge >= 0.3 is 6.18 Å². The summed E-state index contributed by atoms with van der Waals surface area (Å²) in [5.41, 5.74) is -0.0546. The van der Waals surface area contributed by atoms with E-state index in [0.717, 1.165) is 12.1 Å². The van der Waals surface area contributed by atoms with Gasteiger partial charge in [-0.2, -0.15) is 18.3 Å². The van der Waals surface area contributed by atoms with Crippen molar-refractivity contribution in [2.45, 2.75) is 17.6 Å². The highest BCUT2D eigenvalue weighted by Gasteiger charge is 2.37. The van der Waals surface area contributed by atoms with Gasteiger partial charge in [0.15, 0.2) is 0 Å². The minimum atomic E-state index is -4.85. The van der Waals surface area contributed by atoms with Gasteiger partial charge in [0.05, 0.1) is 16.1 Å². The zero-order valence-corrected chi connectivity index (χ0v) is 15.2. The van der Waals surface area contributed by atoms with E-state index in [-0.39, 0.29) is 11.6 Å². The van der Waals surface area contributed by atoms with Crippen LogP contribution in [0.5, 0.6) is 0 Å². The first-order chi connectivity index (χ1) is 12.7. The van der Waals surface area contributed by atoms with Crippen LogP contribution in [0.25, 0.3) is 5.69 Å². The number of aromatic nitrogens is 2. The number of nitrogens with zero attached hydrogens (tertiary/aromatic N) is 2. The number of halogens is 4. The fourth-order valence-corrected chi connectivity index (χ4v) is 3.84. The predicted octanol–water partition coefficient (Wildman–Crippen LogP) is 4.02. The molecule has 1 heterocycles. The van der Waals surface area contributed by atoms with Gasteiger partial charge in [-0.25, -0.2) is 17.8 Å². The van der Waals surface area contributed by atoms with Crippen molar-refractivity contribution in [2.75, 3.05) is 0 Å². The lowest BCUT2D eigenvalue weighted by molar-refractivity contribution is -0.139. The van der Waals surface area contributed by atoms with Crippen LogP contribution in [0, 0.1) is 0 Å². The summed E-state index contributed by atoms with van der Waals surface area (Å²) in [5.74, 6) is 0. The Labute approximate surface area is 158 Å². The smallest absolute Gasteiger partial charge is 0.241 e. The maximum absolute atomic E-state index is 13.2. The number of sulfonamides is 1. The Morgan fingerprint density at radius 1 is 1.11 bits per heavy atom. The van der Waals surface area contributed by atoms with E-state index in [1.54, 1.807) is 47.4 Å². The van der Waals surface area contributed by atoms with E-state index in [2.05, 4.69) is 9.82 Å². The molecule has 27 heavy (non-hydrogen) atoms. The molecule has 0 aliphatic heterocycles. The topological polar surface area (TPSA) is 64.0 Å². The summed E-state index contributed by atoms with van der Waals surface area (Å²) in [6.07, 6.45) is -1.55. The summed E-state index contributed by atoms with van der Waals surface area (Å²) in [6, 6.07) is 11.1. The Morgan fingerprint density at radius 2 is 1.89 bits per heavy atom. The van der Waals surface area contributed by atoms with E-state index in [9.17, 15) is 21.6 Å². The molecule has 1 N–H and O–H groups in total. The third-order valence-corrected chi connectivity index (χ3v) is 5.38. The van der Waals surface area contributed by atoms with Gasteiger partial charge < -0.3 is 0 Å². The average Bonchev–Trinajstić information content (AvgIpc) is 3.14. The number of benzene rings is 2. The van der Waals surface area contributed by atoms with Crippen LogP contribution >= 0.6 is 11.6 Å². The molecule has 0 radical (unpaired) electrons. The molecule has 10 heteroatoms. The first-order valence-corrected chi connectivity index (χ1v) is 9.48. The second-order valence-electron chi connectivity index (χ2n) is 5.58. The van der Waals surface area contributed by atoms with Gasteiger partial charge in [0.25, 0.3) is 0 Å². The van der Waals surface area contributed by atoms with E-state index in [1.807, 2.05) is 0 Å². The normalized spacial score (nSPS) is 12.3. The maximum atomic E-state index is 13.2. The van der Waals surface area contributed by atoms with Gasteiger partial charge in [0, 0.05) is 24.0 Å². The molecule has 1 aromatic heterocycles. The van der Waals surface area contributed by atoms with Crippen molar-refractivity contribution in [3.05, 3.63) is 77.1 Å². The fraction of sp³-hybridized carbons (Fsp3) is 0.118. The molecule has 142 valence electrons. The molecular formula is C17H13ClF3N3O2S. The van der Waals surface area contributed by atoms with E-state index in [1.165, 1.54) is 0 Å². The number of hydrogen-bond donors (Lipinski definition) is 1. The summed E-state index contributed by atoms with van der Waals surface area (Å²) in [4.78, 5) is -0.873. The molecule has 0 aliphatic rings. The SMILES string of the molecule is O=S(=O)(NCc1cccc(-n2cccn2)c1)c1ccc(Cl)cc1C(F)(F)F. The molecule has 3 rings (SSSR count). The van der Waals surface area contributed by atoms with Crippen LogP contribution in [0.15, 0.2) is 65.8 Å². The van der Waals surface area contributed by atoms with Crippen LogP contribution in [-0.4, -0.2) is 18.2 Å². The number of hydrogen-bond acceptors (Lipinski definition) is 3. The number of rotatable bonds is 5. The molecule has 0 saturated heterocycles. The zero-order valence-electron chi connectivity index (χ0n) is 13.6. The van der Waals surface area contributed by atoms with E-state index >= 15 is 0 Å². The second-order valence-corrected chi connectivity index (χ2v) is 7.76. The molecular weight excluding hydrogens is 403 g/mol. The van der Waals surface area contributed by atoms with Crippen molar-refractivity contribution in [1.82, 2.24) is 14.5 Å². The molecule has 0 aliphatic carbocycles. The Morgan fingerprint density at radius 3 is 2.56 bits per heavy atom. The van der Waals surface area contributed by atoms with Crippen molar-refractivity contribution in [3.8, 4) is 5.69 Å². The van der Waals surface area contributed by atoms with E-state index in [0.29, 0.717) is 17.3 Å². The molecule has 0 spiro atoms. The van der Waals surface area contributed by atoms with Crippen LogP contribution in [0.3, 0.4) is 0 Å². The summed E-state index contributed by atoms with van der Waals surface area (Å²) >= 11 is 5.59. The van der Waals surface area contributed by atoms with Crippen molar-refractivity contribution >= 4 is 21.6 Å². The Bertz CT molecular complexity index is 1050. The second kappa shape index (κ2) is 7.34. The van der Waals surface area contributed by atoms with Crippen molar-refractivity contribution in [1.29, 1.82) is 0 Å². The number of nitrogens with one attached hydrogen (secondary N) is 1. The molecule has 3 aromatic rings. The van der Waals surface area contributed by atoms with Crippen LogP contribution < -0.4 is 4.72 Å². The molecule has 0 saturated carbocycles. The summed E-state index contributed by atoms with van der Waals surface area (Å²) in [7, 11) is -4.41. The van der Waals surface area contributed by atoms with Gasteiger partial charge in [-0.3, -0.25) is 0 Å². The fourth-order valence-electron chi connectivity index (χ4n) is 2.44. The summed E-state index contributed by atoms with van der Waals surface area (Å²) < 4.78 is 68.1. The van der Waals surface area contributed by atoms with Crippen LogP contribution in [-0.2, 0) is 22.7 Å². The van der Waals surface area contributed by atoms with Crippen LogP contribution in [0.1, 0.15) is 11.1 Å². The highest BCUT2D eigenvalue weighted by Crippen LogP contribution is 2.35. The average molecular weight is 416 g/mol. The Hall–Kier alpha value is -2.36. The highest BCUT2D eigenvalue weighted by molar-refractivity contribution is 7.89. The molecule has 5 nitrogen and oxygen atoms in total. The third-order valence-electron chi connectivity index (χ3n) is 3.68. The van der Waals surface area contributed by atoms with Crippen molar-refractivity contribution in [2.24, 2.45) is 0 Å². The zero-order chi connectivity index (χ0) is 19.7. The van der Waals surface area contributed by atoms with Crippen molar-refractivity contribution in [3.63, 3.8) is 0 Å².